The molecular weight excluding hydrogens is 631 g/mol. The van der Waals surface area contributed by atoms with Crippen LogP contribution in [0.5, 0.6) is 5.75 Å². The molecule has 2 heterocycles. The smallest absolute Gasteiger partial charge is 0.406 e. The minimum atomic E-state index is -4.45. The molecule has 3 aromatic rings. The van der Waals surface area contributed by atoms with Crippen LogP contribution in [0, 0.1) is 23.2 Å². The van der Waals surface area contributed by atoms with Crippen molar-refractivity contribution >= 4 is 32.1 Å². The molecule has 0 amide bonds. The fraction of sp³-hybridized carbons (Fsp3) is 0.500. The van der Waals surface area contributed by atoms with Crippen LogP contribution < -0.4 is 15.4 Å². The minimum Gasteiger partial charge on any atom is -0.477 e. The molecule has 1 saturated carbocycles. The Morgan fingerprint density at radius 1 is 1.11 bits per heavy atom. The molecule has 2 aromatic carbocycles. The monoisotopic (exact) mass is 671 g/mol. The fourth-order valence-corrected chi connectivity index (χ4v) is 7.33. The maximum Gasteiger partial charge on any atom is 0.406 e. The normalized spacial score (nSPS) is 20.6. The van der Waals surface area contributed by atoms with Crippen molar-refractivity contribution in [3.05, 3.63) is 48.2 Å². The standard InChI is InChI=1S/C34H40F3N5O4S/c1-3-33(41-17-20-45-21-18-41)13-11-25(12-14-33)40-29-7-4-8-31-28(29)22-26(42(31)24-34(35,36)37)6-5-16-39-30-10-9-27(47(2,43)44)23-32(30)46-19-15-38/h4,7-10,22-23,25,39-40H,3,11-14,16-21,24H2,1-2H3. The number of hydrogen-bond donors (Lipinski definition) is 2. The van der Waals surface area contributed by atoms with Gasteiger partial charge in [-0.3, -0.25) is 4.90 Å². The summed E-state index contributed by atoms with van der Waals surface area (Å²) in [7, 11) is -3.51. The van der Waals surface area contributed by atoms with Gasteiger partial charge in [-0.1, -0.05) is 18.9 Å². The first-order valence-electron chi connectivity index (χ1n) is 15.8. The van der Waals surface area contributed by atoms with Gasteiger partial charge in [0, 0.05) is 48.1 Å². The lowest BCUT2D eigenvalue weighted by atomic mass is 9.76. The molecule has 2 N–H and O–H groups in total. The quantitative estimate of drug-likeness (QED) is 0.260. The summed E-state index contributed by atoms with van der Waals surface area (Å²) >= 11 is 0. The Balaban J connectivity index is 1.35. The van der Waals surface area contributed by atoms with E-state index >= 15 is 0 Å². The third kappa shape index (κ3) is 8.33. The highest BCUT2D eigenvalue weighted by atomic mass is 32.2. The molecule has 5 rings (SSSR count). The maximum absolute atomic E-state index is 13.7. The molecule has 1 aliphatic heterocycles. The highest BCUT2D eigenvalue weighted by Gasteiger charge is 2.39. The van der Waals surface area contributed by atoms with Gasteiger partial charge in [-0.05, 0) is 68.4 Å². The number of benzene rings is 2. The number of fused-ring (bicyclic) bond motifs is 1. The molecule has 13 heteroatoms. The van der Waals surface area contributed by atoms with Crippen LogP contribution in [-0.2, 0) is 21.1 Å². The van der Waals surface area contributed by atoms with Crippen molar-refractivity contribution < 1.29 is 31.1 Å². The average Bonchev–Trinajstić information content (AvgIpc) is 3.39. The van der Waals surface area contributed by atoms with Crippen molar-refractivity contribution in [3.8, 4) is 23.7 Å². The van der Waals surface area contributed by atoms with Crippen LogP contribution >= 0.6 is 0 Å². The van der Waals surface area contributed by atoms with E-state index in [1.165, 1.54) is 22.8 Å². The summed E-state index contributed by atoms with van der Waals surface area (Å²) in [5.74, 6) is 5.94. The molecule has 47 heavy (non-hydrogen) atoms. The summed E-state index contributed by atoms with van der Waals surface area (Å²) in [6.07, 6.45) is 1.72. The molecule has 9 nitrogen and oxygen atoms in total. The number of nitrogens with zero attached hydrogens (tertiary/aromatic N) is 3. The second-order valence-electron chi connectivity index (χ2n) is 12.1. The van der Waals surface area contributed by atoms with E-state index in [1.807, 2.05) is 12.1 Å². The molecule has 1 saturated heterocycles. The summed E-state index contributed by atoms with van der Waals surface area (Å²) < 4.78 is 77.3. The number of sulfone groups is 1. The number of halogens is 3. The second-order valence-corrected chi connectivity index (χ2v) is 14.1. The zero-order valence-electron chi connectivity index (χ0n) is 26.6. The van der Waals surface area contributed by atoms with Crippen LogP contribution in [0.2, 0.25) is 0 Å². The van der Waals surface area contributed by atoms with E-state index in [1.54, 1.807) is 18.2 Å². The van der Waals surface area contributed by atoms with E-state index in [4.69, 9.17) is 14.7 Å². The van der Waals surface area contributed by atoms with E-state index in [9.17, 15) is 21.6 Å². The number of nitriles is 1. The number of rotatable bonds is 10. The summed E-state index contributed by atoms with van der Waals surface area (Å²) in [6.45, 7) is 4.22. The Kier molecular flexibility index (Phi) is 10.6. The molecule has 1 aliphatic carbocycles. The Morgan fingerprint density at radius 3 is 2.51 bits per heavy atom. The first-order chi connectivity index (χ1) is 22.4. The topological polar surface area (TPSA) is 109 Å². The Bertz CT molecular complexity index is 1770. The predicted molar refractivity (Wildman–Crippen MR) is 175 cm³/mol. The molecule has 0 unspecified atom stereocenters. The SMILES string of the molecule is CCC1(N2CCOCC2)CCC(Nc2cccc3c2cc(C#CCNc2ccc(S(C)(=O)=O)cc2OCC#N)n3CC(F)(F)F)CC1. The molecule has 2 fully saturated rings. The second kappa shape index (κ2) is 14.5. The number of alkyl halides is 3. The van der Waals surface area contributed by atoms with E-state index in [2.05, 4.69) is 34.3 Å². The van der Waals surface area contributed by atoms with Gasteiger partial charge in [-0.15, -0.1) is 0 Å². The van der Waals surface area contributed by atoms with Crippen LogP contribution in [0.1, 0.15) is 44.7 Å². The van der Waals surface area contributed by atoms with Crippen molar-refractivity contribution in [3.63, 3.8) is 0 Å². The number of nitrogens with one attached hydrogen (secondary N) is 2. The van der Waals surface area contributed by atoms with E-state index in [0.717, 1.165) is 70.4 Å². The van der Waals surface area contributed by atoms with Gasteiger partial charge in [0.1, 0.15) is 18.4 Å². The van der Waals surface area contributed by atoms with Gasteiger partial charge in [-0.2, -0.15) is 18.4 Å². The van der Waals surface area contributed by atoms with Gasteiger partial charge < -0.3 is 24.7 Å². The van der Waals surface area contributed by atoms with Gasteiger partial charge in [0.15, 0.2) is 16.4 Å². The summed E-state index contributed by atoms with van der Waals surface area (Å²) in [6, 6.07) is 13.3. The number of hydrogen-bond acceptors (Lipinski definition) is 8. The van der Waals surface area contributed by atoms with Gasteiger partial charge in [0.25, 0.3) is 0 Å². The van der Waals surface area contributed by atoms with Crippen molar-refractivity contribution in [1.29, 1.82) is 5.26 Å². The lowest BCUT2D eigenvalue weighted by Crippen LogP contribution is -2.55. The maximum atomic E-state index is 13.7. The lowest BCUT2D eigenvalue weighted by molar-refractivity contribution is -0.140. The molecule has 0 radical (unpaired) electrons. The molecule has 0 atom stereocenters. The van der Waals surface area contributed by atoms with Crippen molar-refractivity contribution in [2.45, 2.75) is 68.2 Å². The number of anilines is 2. The zero-order valence-corrected chi connectivity index (χ0v) is 27.4. The minimum absolute atomic E-state index is 0.0261. The number of morpholine rings is 1. The summed E-state index contributed by atoms with van der Waals surface area (Å²) in [5.41, 5.74) is 2.02. The fourth-order valence-electron chi connectivity index (χ4n) is 6.70. The van der Waals surface area contributed by atoms with Crippen molar-refractivity contribution in [2.24, 2.45) is 0 Å². The van der Waals surface area contributed by atoms with Crippen LogP contribution in [0.3, 0.4) is 0 Å². The van der Waals surface area contributed by atoms with Crippen LogP contribution in [0.25, 0.3) is 10.9 Å². The van der Waals surface area contributed by atoms with E-state index < -0.39 is 22.6 Å². The third-order valence-corrected chi connectivity index (χ3v) is 10.3. The first kappa shape index (κ1) is 34.4. The van der Waals surface area contributed by atoms with Crippen LogP contribution in [0.15, 0.2) is 47.4 Å². The van der Waals surface area contributed by atoms with Crippen molar-refractivity contribution in [2.75, 3.05) is 56.3 Å². The molecular formula is C34H40F3N5O4S. The molecule has 0 spiro atoms. The van der Waals surface area contributed by atoms with E-state index in [0.29, 0.717) is 16.6 Å². The summed E-state index contributed by atoms with van der Waals surface area (Å²) in [4.78, 5) is 2.60. The first-order valence-corrected chi connectivity index (χ1v) is 17.7. The van der Waals surface area contributed by atoms with Crippen LogP contribution in [-0.4, -0.2) is 81.4 Å². The average molecular weight is 672 g/mol. The lowest BCUT2D eigenvalue weighted by Gasteiger charge is -2.49. The van der Waals surface area contributed by atoms with E-state index in [-0.39, 0.29) is 41.1 Å². The Morgan fingerprint density at radius 2 is 1.85 bits per heavy atom. The number of ether oxygens (including phenoxy) is 2. The highest BCUT2D eigenvalue weighted by molar-refractivity contribution is 7.90. The molecule has 2 aliphatic rings. The summed E-state index contributed by atoms with van der Waals surface area (Å²) in [5, 5.41) is 16.3. The highest BCUT2D eigenvalue weighted by Crippen LogP contribution is 2.39. The van der Waals surface area contributed by atoms with Gasteiger partial charge in [-0.25, -0.2) is 8.42 Å². The predicted octanol–water partition coefficient (Wildman–Crippen LogP) is 5.81. The molecule has 252 valence electrons. The zero-order chi connectivity index (χ0) is 33.7. The van der Waals surface area contributed by atoms with Gasteiger partial charge >= 0.3 is 6.18 Å². The van der Waals surface area contributed by atoms with Crippen molar-refractivity contribution in [1.82, 2.24) is 9.47 Å². The Hall–Kier alpha value is -3.91. The number of aromatic nitrogens is 1. The van der Waals surface area contributed by atoms with Gasteiger partial charge in [0.05, 0.1) is 41.6 Å². The molecule has 0 bridgehead atoms. The van der Waals surface area contributed by atoms with Crippen LogP contribution in [0.4, 0.5) is 24.5 Å². The van der Waals surface area contributed by atoms with Gasteiger partial charge in [0.2, 0.25) is 0 Å². The third-order valence-electron chi connectivity index (χ3n) is 9.16. The Labute approximate surface area is 273 Å². The largest absolute Gasteiger partial charge is 0.477 e. The molecule has 1 aromatic heterocycles.